The zero-order valence-electron chi connectivity index (χ0n) is 12.9. The van der Waals surface area contributed by atoms with Crippen LogP contribution in [0, 0.1) is 6.92 Å². The quantitative estimate of drug-likeness (QED) is 0.791. The number of aryl methyl sites for hydroxylation is 1. The molecule has 1 aliphatic rings. The van der Waals surface area contributed by atoms with Gasteiger partial charge in [-0.05, 0) is 39.3 Å². The van der Waals surface area contributed by atoms with Gasteiger partial charge in [-0.15, -0.1) is 0 Å². The Morgan fingerprint density at radius 2 is 2.41 bits per heavy atom. The van der Waals surface area contributed by atoms with E-state index in [0.717, 1.165) is 30.8 Å². The highest BCUT2D eigenvalue weighted by atomic mass is 16.5. The lowest BCUT2D eigenvalue weighted by Crippen LogP contribution is -2.23. The molecule has 0 unspecified atom stereocenters. The summed E-state index contributed by atoms with van der Waals surface area (Å²) >= 11 is 0. The van der Waals surface area contributed by atoms with Crippen LogP contribution in [0.25, 0.3) is 0 Å². The van der Waals surface area contributed by atoms with E-state index >= 15 is 0 Å². The van der Waals surface area contributed by atoms with Gasteiger partial charge in [0.05, 0.1) is 31.2 Å². The van der Waals surface area contributed by atoms with Crippen LogP contribution in [0.2, 0.25) is 0 Å². The Bertz CT molecular complexity index is 646. The number of esters is 1. The molecule has 0 amide bonds. The molecule has 1 fully saturated rings. The number of carbonyl (C=O) groups is 1. The molecule has 22 heavy (non-hydrogen) atoms. The van der Waals surface area contributed by atoms with Gasteiger partial charge in [-0.1, -0.05) is 5.16 Å². The molecule has 118 valence electrons. The molecule has 2 aromatic rings. The number of nitrogens with zero attached hydrogens (tertiary/aromatic N) is 2. The molecule has 0 aliphatic carbocycles. The third-order valence-electron chi connectivity index (χ3n) is 3.93. The largest absolute Gasteiger partial charge is 0.467 e. The molecule has 0 saturated carbocycles. The zero-order valence-corrected chi connectivity index (χ0v) is 12.9. The monoisotopic (exact) mass is 304 g/mol. The number of carbonyl (C=O) groups excluding carboxylic acids is 1. The molecule has 6 nitrogen and oxygen atoms in total. The van der Waals surface area contributed by atoms with Gasteiger partial charge in [-0.3, -0.25) is 4.90 Å². The van der Waals surface area contributed by atoms with Crippen LogP contribution in [0.4, 0.5) is 0 Å². The van der Waals surface area contributed by atoms with Crippen molar-refractivity contribution >= 4 is 5.97 Å². The molecule has 6 heteroatoms. The van der Waals surface area contributed by atoms with E-state index in [0.29, 0.717) is 24.5 Å². The molecule has 1 saturated heterocycles. The topological polar surface area (TPSA) is 68.7 Å². The average molecular weight is 304 g/mol. The van der Waals surface area contributed by atoms with Crippen molar-refractivity contribution in [3.63, 3.8) is 0 Å². The van der Waals surface area contributed by atoms with E-state index in [4.69, 9.17) is 13.7 Å². The summed E-state index contributed by atoms with van der Waals surface area (Å²) in [5.41, 5.74) is 1.38. The Morgan fingerprint density at radius 1 is 1.55 bits per heavy atom. The van der Waals surface area contributed by atoms with Gasteiger partial charge in [0.1, 0.15) is 11.3 Å². The highest BCUT2D eigenvalue weighted by molar-refractivity contribution is 5.90. The van der Waals surface area contributed by atoms with Gasteiger partial charge < -0.3 is 13.7 Å². The van der Waals surface area contributed by atoms with Crippen molar-refractivity contribution in [3.05, 3.63) is 41.2 Å². The molecule has 0 radical (unpaired) electrons. The smallest absolute Gasteiger partial charge is 0.341 e. The molecule has 3 rings (SSSR count). The number of ether oxygens (including phenoxy) is 1. The molecule has 1 atom stereocenters. The number of furan rings is 1. The molecule has 3 heterocycles. The van der Waals surface area contributed by atoms with Crippen molar-refractivity contribution in [2.75, 3.05) is 13.2 Å². The maximum Gasteiger partial charge on any atom is 0.341 e. The summed E-state index contributed by atoms with van der Waals surface area (Å²) in [7, 11) is 0. The maximum atomic E-state index is 11.9. The van der Waals surface area contributed by atoms with Gasteiger partial charge in [0.2, 0.25) is 0 Å². The van der Waals surface area contributed by atoms with Crippen LogP contribution in [0.1, 0.15) is 53.4 Å². The second-order valence-corrected chi connectivity index (χ2v) is 5.48. The zero-order chi connectivity index (χ0) is 15.5. The fraction of sp³-hybridized carbons (Fsp3) is 0.500. The number of rotatable bonds is 5. The fourth-order valence-corrected chi connectivity index (χ4v) is 2.92. The van der Waals surface area contributed by atoms with Gasteiger partial charge >= 0.3 is 5.97 Å². The van der Waals surface area contributed by atoms with Crippen molar-refractivity contribution < 1.29 is 18.5 Å². The lowest BCUT2D eigenvalue weighted by Gasteiger charge is -2.21. The molecule has 0 aromatic carbocycles. The van der Waals surface area contributed by atoms with Crippen molar-refractivity contribution in [1.29, 1.82) is 0 Å². The van der Waals surface area contributed by atoms with E-state index in [1.807, 2.05) is 13.0 Å². The first-order chi connectivity index (χ1) is 10.7. The summed E-state index contributed by atoms with van der Waals surface area (Å²) in [5.74, 6) is 1.18. The van der Waals surface area contributed by atoms with Gasteiger partial charge in [-0.25, -0.2) is 4.79 Å². The molecular weight excluding hydrogens is 284 g/mol. The predicted octanol–water partition coefficient (Wildman–Crippen LogP) is 3.09. The Kier molecular flexibility index (Phi) is 4.29. The minimum atomic E-state index is -0.336. The summed E-state index contributed by atoms with van der Waals surface area (Å²) < 4.78 is 16.0. The van der Waals surface area contributed by atoms with Crippen molar-refractivity contribution in [3.8, 4) is 0 Å². The molecular formula is C16H20N2O4. The first kappa shape index (κ1) is 14.8. The van der Waals surface area contributed by atoms with Gasteiger partial charge in [0, 0.05) is 6.07 Å². The Balaban J connectivity index is 1.75. The number of hydrogen-bond donors (Lipinski definition) is 0. The standard InChI is InChI=1S/C16H20N2O4/c1-3-20-16(19)12-6-8-21-15(12)10-18-7-4-5-13(18)14-9-11(2)17-22-14/h6,8-9,13H,3-5,7,10H2,1-2H3/t13-/m0/s1. The van der Waals surface area contributed by atoms with Crippen LogP contribution in [-0.4, -0.2) is 29.2 Å². The summed E-state index contributed by atoms with van der Waals surface area (Å²) in [5, 5.41) is 3.96. The normalized spacial score (nSPS) is 18.7. The van der Waals surface area contributed by atoms with Gasteiger partial charge in [0.15, 0.2) is 5.76 Å². The molecule has 0 spiro atoms. The maximum absolute atomic E-state index is 11.9. The predicted molar refractivity (Wildman–Crippen MR) is 78.3 cm³/mol. The number of hydrogen-bond acceptors (Lipinski definition) is 6. The van der Waals surface area contributed by atoms with Crippen molar-refractivity contribution in [2.24, 2.45) is 0 Å². The third kappa shape index (κ3) is 2.92. The van der Waals surface area contributed by atoms with Crippen LogP contribution in [0.5, 0.6) is 0 Å². The summed E-state index contributed by atoms with van der Waals surface area (Å²) in [6.45, 7) is 5.56. The average Bonchev–Trinajstić information content (AvgIpc) is 3.20. The Hall–Kier alpha value is -2.08. The van der Waals surface area contributed by atoms with E-state index in [-0.39, 0.29) is 12.0 Å². The minimum absolute atomic E-state index is 0.182. The van der Waals surface area contributed by atoms with Crippen LogP contribution >= 0.6 is 0 Å². The third-order valence-corrected chi connectivity index (χ3v) is 3.93. The van der Waals surface area contributed by atoms with E-state index in [1.54, 1.807) is 13.0 Å². The number of likely N-dealkylation sites (tertiary alicyclic amines) is 1. The Morgan fingerprint density at radius 3 is 3.14 bits per heavy atom. The van der Waals surface area contributed by atoms with E-state index in [2.05, 4.69) is 10.1 Å². The summed E-state index contributed by atoms with van der Waals surface area (Å²) in [4.78, 5) is 14.2. The highest BCUT2D eigenvalue weighted by Crippen LogP contribution is 2.34. The SMILES string of the molecule is CCOC(=O)c1ccoc1CN1CCC[C@H]1c1cc(C)no1. The van der Waals surface area contributed by atoms with Crippen molar-refractivity contribution in [1.82, 2.24) is 10.1 Å². The van der Waals surface area contributed by atoms with Gasteiger partial charge in [0.25, 0.3) is 0 Å². The fourth-order valence-electron chi connectivity index (χ4n) is 2.92. The summed E-state index contributed by atoms with van der Waals surface area (Å²) in [6.07, 6.45) is 3.63. The lowest BCUT2D eigenvalue weighted by molar-refractivity contribution is 0.0521. The molecule has 2 aromatic heterocycles. The lowest BCUT2D eigenvalue weighted by atomic mass is 10.1. The second-order valence-electron chi connectivity index (χ2n) is 5.48. The van der Waals surface area contributed by atoms with Crippen LogP contribution in [0.3, 0.4) is 0 Å². The summed E-state index contributed by atoms with van der Waals surface area (Å²) in [6, 6.07) is 3.82. The molecule has 0 bridgehead atoms. The van der Waals surface area contributed by atoms with E-state index in [9.17, 15) is 4.79 Å². The van der Waals surface area contributed by atoms with Crippen LogP contribution in [-0.2, 0) is 11.3 Å². The molecule has 0 N–H and O–H groups in total. The Labute approximate surface area is 129 Å². The second kappa shape index (κ2) is 6.36. The molecule has 1 aliphatic heterocycles. The highest BCUT2D eigenvalue weighted by Gasteiger charge is 2.31. The first-order valence-corrected chi connectivity index (χ1v) is 7.59. The van der Waals surface area contributed by atoms with Gasteiger partial charge in [-0.2, -0.15) is 0 Å². The van der Waals surface area contributed by atoms with Crippen molar-refractivity contribution in [2.45, 2.75) is 39.3 Å². The van der Waals surface area contributed by atoms with E-state index < -0.39 is 0 Å². The van der Waals surface area contributed by atoms with E-state index in [1.165, 1.54) is 6.26 Å². The van der Waals surface area contributed by atoms with Crippen LogP contribution < -0.4 is 0 Å². The number of aromatic nitrogens is 1. The van der Waals surface area contributed by atoms with Crippen LogP contribution in [0.15, 0.2) is 27.3 Å². The minimum Gasteiger partial charge on any atom is -0.467 e. The first-order valence-electron chi connectivity index (χ1n) is 7.59.